The molecule has 1 saturated heterocycles. The Morgan fingerprint density at radius 1 is 0.972 bits per heavy atom. The van der Waals surface area contributed by atoms with Crippen molar-refractivity contribution in [2.45, 2.75) is 57.7 Å². The van der Waals surface area contributed by atoms with Gasteiger partial charge in [-0.15, -0.1) is 0 Å². The lowest BCUT2D eigenvalue weighted by atomic mass is 9.92. The first-order chi connectivity index (χ1) is 17.0. The van der Waals surface area contributed by atoms with Gasteiger partial charge >= 0.3 is 12.2 Å². The van der Waals surface area contributed by atoms with Crippen molar-refractivity contribution in [3.63, 3.8) is 0 Å². The van der Waals surface area contributed by atoms with Gasteiger partial charge in [0.25, 0.3) is 0 Å². The minimum Gasteiger partial charge on any atom is -0.453 e. The van der Waals surface area contributed by atoms with Gasteiger partial charge in [-0.25, -0.2) is 17.6 Å². The number of alkyl halides is 2. The van der Waals surface area contributed by atoms with E-state index in [4.69, 9.17) is 4.74 Å². The predicted molar refractivity (Wildman–Crippen MR) is 114 cm³/mol. The monoisotopic (exact) mass is 524 g/mol. The largest absolute Gasteiger partial charge is 0.453 e. The second-order valence-electron chi connectivity index (χ2n) is 8.52. The molecule has 0 aromatic heterocycles. The van der Waals surface area contributed by atoms with Crippen molar-refractivity contribution in [1.82, 2.24) is 0 Å². The van der Waals surface area contributed by atoms with Gasteiger partial charge in [0.2, 0.25) is 0 Å². The molecule has 0 amide bonds. The topological polar surface area (TPSA) is 27.7 Å². The molecule has 1 heterocycles. The van der Waals surface area contributed by atoms with Crippen molar-refractivity contribution in [3.8, 4) is 11.5 Å². The number of halogens is 8. The number of aryl methyl sites for hydroxylation is 1. The summed E-state index contributed by atoms with van der Waals surface area (Å²) < 4.78 is 124. The summed E-state index contributed by atoms with van der Waals surface area (Å²) in [5.41, 5.74) is -1.61. The second-order valence-corrected chi connectivity index (χ2v) is 8.52. The van der Waals surface area contributed by atoms with E-state index in [2.05, 4.69) is 16.4 Å². The SMILES string of the molecule is CCCC1CCC(CCc2cc(F)c(C(F)(F)Oc3cc(F)c(OC=C(F)F)c(F)c3)c(F)c2)OC1. The quantitative estimate of drug-likeness (QED) is 0.233. The highest BCUT2D eigenvalue weighted by Gasteiger charge is 2.41. The smallest absolute Gasteiger partial charge is 0.432 e. The van der Waals surface area contributed by atoms with Gasteiger partial charge in [0.15, 0.2) is 23.6 Å². The van der Waals surface area contributed by atoms with E-state index >= 15 is 0 Å². The average Bonchev–Trinajstić information content (AvgIpc) is 2.77. The van der Waals surface area contributed by atoms with E-state index in [1.807, 2.05) is 0 Å². The van der Waals surface area contributed by atoms with E-state index in [9.17, 15) is 35.1 Å². The van der Waals surface area contributed by atoms with Gasteiger partial charge < -0.3 is 14.2 Å². The van der Waals surface area contributed by atoms with Crippen LogP contribution in [0.5, 0.6) is 11.5 Å². The van der Waals surface area contributed by atoms with E-state index in [-0.39, 0.29) is 36.5 Å². The number of rotatable bonds is 10. The molecule has 1 fully saturated rings. The van der Waals surface area contributed by atoms with Crippen LogP contribution in [-0.4, -0.2) is 12.7 Å². The molecule has 2 aromatic carbocycles. The third kappa shape index (κ3) is 7.11. The number of hydrogen-bond donors (Lipinski definition) is 0. The maximum absolute atomic E-state index is 14.6. The molecule has 3 rings (SSSR count). The fourth-order valence-electron chi connectivity index (χ4n) is 4.11. The highest BCUT2D eigenvalue weighted by Crippen LogP contribution is 2.38. The highest BCUT2D eigenvalue weighted by atomic mass is 19.3. The van der Waals surface area contributed by atoms with Crippen LogP contribution in [0.15, 0.2) is 36.6 Å². The zero-order valence-electron chi connectivity index (χ0n) is 19.2. The standard InChI is InChI=1S/C25H24F8O3/c1-2-3-14-4-6-16(34-12-14)7-5-15-8-18(26)23(19(27)9-15)25(32,33)36-17-10-20(28)24(21(29)11-17)35-13-22(30)31/h8-11,13-14,16H,2-7,12H2,1H3. The lowest BCUT2D eigenvalue weighted by molar-refractivity contribution is -0.189. The first kappa shape index (κ1) is 27.8. The van der Waals surface area contributed by atoms with Crippen LogP contribution < -0.4 is 9.47 Å². The van der Waals surface area contributed by atoms with E-state index in [0.29, 0.717) is 18.9 Å². The van der Waals surface area contributed by atoms with Crippen molar-refractivity contribution >= 4 is 0 Å². The van der Waals surface area contributed by atoms with Gasteiger partial charge in [-0.1, -0.05) is 13.3 Å². The van der Waals surface area contributed by atoms with Crippen LogP contribution in [0.4, 0.5) is 35.1 Å². The molecule has 2 aromatic rings. The van der Waals surface area contributed by atoms with Gasteiger partial charge in [0.1, 0.15) is 22.9 Å². The summed E-state index contributed by atoms with van der Waals surface area (Å²) >= 11 is 0. The Balaban J connectivity index is 1.69. The van der Waals surface area contributed by atoms with E-state index < -0.39 is 52.5 Å². The Hall–Kier alpha value is -2.82. The molecule has 198 valence electrons. The minimum absolute atomic E-state index is 0.0951. The molecule has 3 nitrogen and oxygen atoms in total. The molecule has 0 radical (unpaired) electrons. The molecule has 0 aliphatic carbocycles. The summed E-state index contributed by atoms with van der Waals surface area (Å²) in [6.07, 6.45) is -2.85. The van der Waals surface area contributed by atoms with Crippen molar-refractivity contribution in [3.05, 3.63) is 71.0 Å². The Bertz CT molecular complexity index is 1030. The van der Waals surface area contributed by atoms with Crippen LogP contribution in [0.25, 0.3) is 0 Å². The molecule has 0 N–H and O–H groups in total. The number of hydrogen-bond acceptors (Lipinski definition) is 3. The Morgan fingerprint density at radius 3 is 2.14 bits per heavy atom. The molecule has 11 heteroatoms. The van der Waals surface area contributed by atoms with E-state index in [0.717, 1.165) is 37.8 Å². The zero-order valence-corrected chi connectivity index (χ0v) is 19.2. The minimum atomic E-state index is -4.65. The van der Waals surface area contributed by atoms with Crippen LogP contribution in [-0.2, 0) is 17.3 Å². The average molecular weight is 524 g/mol. The van der Waals surface area contributed by atoms with Crippen molar-refractivity contribution < 1.29 is 49.3 Å². The first-order valence-corrected chi connectivity index (χ1v) is 11.3. The van der Waals surface area contributed by atoms with Crippen molar-refractivity contribution in [2.24, 2.45) is 5.92 Å². The molecule has 0 spiro atoms. The first-order valence-electron chi connectivity index (χ1n) is 11.3. The van der Waals surface area contributed by atoms with Gasteiger partial charge in [0, 0.05) is 18.7 Å². The summed E-state index contributed by atoms with van der Waals surface area (Å²) in [7, 11) is 0. The van der Waals surface area contributed by atoms with Crippen molar-refractivity contribution in [2.75, 3.05) is 6.61 Å². The van der Waals surface area contributed by atoms with Crippen LogP contribution in [0.1, 0.15) is 50.2 Å². The summed E-state index contributed by atoms with van der Waals surface area (Å²) in [6, 6.07) is 1.90. The molecule has 0 saturated carbocycles. The third-order valence-corrected chi connectivity index (χ3v) is 5.79. The Labute approximate surface area is 202 Å². The molecular weight excluding hydrogens is 500 g/mol. The third-order valence-electron chi connectivity index (χ3n) is 5.79. The predicted octanol–water partition coefficient (Wildman–Crippen LogP) is 8.02. The van der Waals surface area contributed by atoms with Gasteiger partial charge in [-0.2, -0.15) is 17.6 Å². The summed E-state index contributed by atoms with van der Waals surface area (Å²) in [5.74, 6) is -8.47. The van der Waals surface area contributed by atoms with E-state index in [1.165, 1.54) is 0 Å². The maximum Gasteiger partial charge on any atom is 0.432 e. The molecule has 1 aliphatic heterocycles. The molecular formula is C25H24F8O3. The zero-order chi connectivity index (χ0) is 26.5. The fourth-order valence-corrected chi connectivity index (χ4v) is 4.11. The van der Waals surface area contributed by atoms with Crippen LogP contribution >= 0.6 is 0 Å². The van der Waals surface area contributed by atoms with Gasteiger partial charge in [-0.05, 0) is 55.7 Å². The molecule has 2 atom stereocenters. The summed E-state index contributed by atoms with van der Waals surface area (Å²) in [5, 5.41) is 0. The van der Waals surface area contributed by atoms with Gasteiger partial charge in [-0.3, -0.25) is 0 Å². The summed E-state index contributed by atoms with van der Waals surface area (Å²) in [6.45, 7) is 2.70. The fraction of sp³-hybridized carbons (Fsp3) is 0.440. The van der Waals surface area contributed by atoms with Crippen LogP contribution in [0.2, 0.25) is 0 Å². The number of ether oxygens (including phenoxy) is 3. The van der Waals surface area contributed by atoms with E-state index in [1.54, 1.807) is 0 Å². The normalized spacial score (nSPS) is 18.1. The number of benzene rings is 2. The molecule has 1 aliphatic rings. The summed E-state index contributed by atoms with van der Waals surface area (Å²) in [4.78, 5) is 0. The molecule has 36 heavy (non-hydrogen) atoms. The second kappa shape index (κ2) is 11.9. The lowest BCUT2D eigenvalue weighted by Crippen LogP contribution is -2.27. The Kier molecular flexibility index (Phi) is 9.21. The van der Waals surface area contributed by atoms with Crippen LogP contribution in [0, 0.1) is 29.2 Å². The van der Waals surface area contributed by atoms with Crippen LogP contribution in [0.3, 0.4) is 0 Å². The Morgan fingerprint density at radius 2 is 1.61 bits per heavy atom. The lowest BCUT2D eigenvalue weighted by Gasteiger charge is -2.29. The molecule has 2 unspecified atom stereocenters. The molecule has 0 bridgehead atoms. The maximum atomic E-state index is 14.6. The van der Waals surface area contributed by atoms with Crippen molar-refractivity contribution in [1.29, 1.82) is 0 Å². The highest BCUT2D eigenvalue weighted by molar-refractivity contribution is 5.36. The van der Waals surface area contributed by atoms with Gasteiger partial charge in [0.05, 0.1) is 6.10 Å².